The zero-order valence-electron chi connectivity index (χ0n) is 14.6. The molecule has 24 heavy (non-hydrogen) atoms. The molecule has 0 amide bonds. The van der Waals surface area contributed by atoms with Gasteiger partial charge in [-0.05, 0) is 55.3 Å². The molecule has 0 heterocycles. The Hall–Kier alpha value is -1.51. The normalized spacial score (nSPS) is 43.9. The Balaban J connectivity index is 1.65. The van der Waals surface area contributed by atoms with Crippen molar-refractivity contribution in [3.63, 3.8) is 0 Å². The summed E-state index contributed by atoms with van der Waals surface area (Å²) in [6, 6.07) is 0. The van der Waals surface area contributed by atoms with Gasteiger partial charge in [0.2, 0.25) is 5.78 Å². The van der Waals surface area contributed by atoms with Crippen LogP contribution < -0.4 is 0 Å². The van der Waals surface area contributed by atoms with Crippen LogP contribution in [0.15, 0.2) is 23.3 Å². The molecular weight excluding hydrogens is 300 g/mol. The molecule has 0 aliphatic heterocycles. The first-order chi connectivity index (χ1) is 11.4. The van der Waals surface area contributed by atoms with E-state index in [0.717, 1.165) is 44.9 Å². The summed E-state index contributed by atoms with van der Waals surface area (Å²) in [5, 5.41) is 0. The largest absolute Gasteiger partial charge is 0.300 e. The minimum atomic E-state index is -0.356. The maximum atomic E-state index is 12.1. The van der Waals surface area contributed by atoms with Gasteiger partial charge < -0.3 is 0 Å². The van der Waals surface area contributed by atoms with E-state index in [-0.39, 0.29) is 16.6 Å². The minimum Gasteiger partial charge on any atom is -0.300 e. The number of hydrogen-bond acceptors (Lipinski definition) is 3. The Morgan fingerprint density at radius 3 is 2.71 bits per heavy atom. The summed E-state index contributed by atoms with van der Waals surface area (Å²) >= 11 is 0. The highest BCUT2D eigenvalue weighted by Gasteiger charge is 2.56. The first-order valence-electron chi connectivity index (χ1n) is 9.34. The van der Waals surface area contributed by atoms with Crippen molar-refractivity contribution in [3.05, 3.63) is 23.3 Å². The second-order valence-electron chi connectivity index (χ2n) is 8.79. The van der Waals surface area contributed by atoms with Crippen molar-refractivity contribution in [3.8, 4) is 0 Å². The van der Waals surface area contributed by atoms with Gasteiger partial charge in [0, 0.05) is 23.8 Å². The van der Waals surface area contributed by atoms with E-state index < -0.39 is 0 Å². The fourth-order valence-electron chi connectivity index (χ4n) is 6.46. The summed E-state index contributed by atoms with van der Waals surface area (Å²) < 4.78 is 0. The molecule has 0 aromatic carbocycles. The lowest BCUT2D eigenvalue weighted by atomic mass is 9.46. The third-order valence-electron chi connectivity index (χ3n) is 7.90. The first kappa shape index (κ1) is 16.0. The van der Waals surface area contributed by atoms with E-state index in [1.807, 2.05) is 6.08 Å². The molecule has 0 aromatic rings. The fraction of sp³-hybridized carbons (Fsp3) is 0.667. The van der Waals surface area contributed by atoms with Crippen LogP contribution in [0.1, 0.15) is 58.8 Å². The fourth-order valence-corrected chi connectivity index (χ4v) is 6.46. The molecule has 0 spiro atoms. The number of ketones is 2. The zero-order chi connectivity index (χ0) is 17.1. The summed E-state index contributed by atoms with van der Waals surface area (Å²) in [6.45, 7) is 4.55. The number of Topliss-reactive ketones (excluding diaryl/α,β-unsaturated/α-hetero) is 2. The van der Waals surface area contributed by atoms with Crippen LogP contribution in [0.3, 0.4) is 0 Å². The van der Waals surface area contributed by atoms with Crippen molar-refractivity contribution < 1.29 is 14.4 Å². The number of allylic oxidation sites excluding steroid dienone is 4. The molecule has 3 fully saturated rings. The molecule has 0 N–H and O–H groups in total. The second kappa shape index (κ2) is 5.24. The highest BCUT2D eigenvalue weighted by Crippen LogP contribution is 2.64. The molecule has 128 valence electrons. The number of rotatable bonds is 2. The van der Waals surface area contributed by atoms with Gasteiger partial charge in [-0.15, -0.1) is 0 Å². The molecular formula is C21H26O3. The van der Waals surface area contributed by atoms with E-state index in [1.54, 1.807) is 0 Å². The smallest absolute Gasteiger partial charge is 0.222 e. The Morgan fingerprint density at radius 1 is 1.17 bits per heavy atom. The highest BCUT2D eigenvalue weighted by molar-refractivity contribution is 6.33. The third-order valence-corrected chi connectivity index (χ3v) is 7.90. The molecule has 0 bridgehead atoms. The van der Waals surface area contributed by atoms with Gasteiger partial charge >= 0.3 is 0 Å². The second-order valence-corrected chi connectivity index (χ2v) is 8.79. The summed E-state index contributed by atoms with van der Waals surface area (Å²) in [4.78, 5) is 35.0. The van der Waals surface area contributed by atoms with E-state index in [4.69, 9.17) is 0 Å². The molecule has 3 nitrogen and oxygen atoms in total. The van der Waals surface area contributed by atoms with Gasteiger partial charge in [0.15, 0.2) is 6.29 Å². The van der Waals surface area contributed by atoms with Crippen LogP contribution in [-0.2, 0) is 14.4 Å². The molecule has 4 rings (SSSR count). The van der Waals surface area contributed by atoms with Crippen LogP contribution in [0.4, 0.5) is 0 Å². The lowest BCUT2D eigenvalue weighted by molar-refractivity contribution is -0.131. The summed E-state index contributed by atoms with van der Waals surface area (Å²) in [5.41, 5.74) is 2.08. The van der Waals surface area contributed by atoms with Gasteiger partial charge in [0.05, 0.1) is 0 Å². The van der Waals surface area contributed by atoms with Crippen molar-refractivity contribution in [2.45, 2.75) is 58.8 Å². The Kier molecular flexibility index (Phi) is 3.49. The number of carbonyl (C=O) groups is 3. The van der Waals surface area contributed by atoms with Crippen LogP contribution in [0, 0.1) is 28.6 Å². The van der Waals surface area contributed by atoms with Crippen LogP contribution in [-0.4, -0.2) is 17.9 Å². The van der Waals surface area contributed by atoms with Gasteiger partial charge in [0.25, 0.3) is 0 Å². The average Bonchev–Trinajstić information content (AvgIpc) is 2.92. The van der Waals surface area contributed by atoms with Crippen LogP contribution in [0.25, 0.3) is 0 Å². The monoisotopic (exact) mass is 326 g/mol. The van der Waals surface area contributed by atoms with Crippen LogP contribution in [0.2, 0.25) is 0 Å². The minimum absolute atomic E-state index is 0.243. The number of carbonyl (C=O) groups excluding carboxylic acids is 3. The van der Waals surface area contributed by atoms with Gasteiger partial charge in [-0.2, -0.15) is 0 Å². The van der Waals surface area contributed by atoms with E-state index in [9.17, 15) is 14.4 Å². The standard InChI is InChI=1S/C21H26O3/c1-20-9-7-14(23)11-13(20)3-4-15-16-5-6-18(19(24)12-22)21(16,2)10-8-17(15)20/h5-6,12-13,15,17H,3-4,7-11H2,1-2H3/t13?,15-,17-,20-,21-/m0/s1. The quantitative estimate of drug-likeness (QED) is 0.572. The number of aldehydes is 1. The van der Waals surface area contributed by atoms with Gasteiger partial charge in [-0.3, -0.25) is 14.4 Å². The van der Waals surface area contributed by atoms with Crippen molar-refractivity contribution >= 4 is 17.9 Å². The maximum Gasteiger partial charge on any atom is 0.222 e. The Morgan fingerprint density at radius 2 is 1.96 bits per heavy atom. The number of hydrogen-bond donors (Lipinski definition) is 0. The molecule has 5 atom stereocenters. The predicted molar refractivity (Wildman–Crippen MR) is 91.2 cm³/mol. The van der Waals surface area contributed by atoms with E-state index >= 15 is 0 Å². The maximum absolute atomic E-state index is 12.1. The lowest BCUT2D eigenvalue weighted by Gasteiger charge is -2.58. The summed E-state index contributed by atoms with van der Waals surface area (Å²) in [7, 11) is 0. The molecule has 0 aromatic heterocycles. The van der Waals surface area contributed by atoms with Crippen molar-refractivity contribution in [1.29, 1.82) is 0 Å². The molecule has 0 saturated heterocycles. The van der Waals surface area contributed by atoms with E-state index in [2.05, 4.69) is 19.9 Å². The van der Waals surface area contributed by atoms with Gasteiger partial charge in [0.1, 0.15) is 5.78 Å². The average molecular weight is 326 g/mol. The summed E-state index contributed by atoms with van der Waals surface area (Å²) in [6.07, 6.45) is 11.3. The molecule has 1 unspecified atom stereocenters. The molecule has 0 radical (unpaired) electrons. The first-order valence-corrected chi connectivity index (χ1v) is 9.34. The van der Waals surface area contributed by atoms with Crippen molar-refractivity contribution in [2.75, 3.05) is 0 Å². The Bertz CT molecular complexity index is 685. The predicted octanol–water partition coefficient (Wildman–Crippen LogP) is 3.82. The number of fused-ring (bicyclic) bond motifs is 5. The van der Waals surface area contributed by atoms with Gasteiger partial charge in [-0.25, -0.2) is 0 Å². The molecule has 4 aliphatic carbocycles. The SMILES string of the molecule is C[C@]12CC[C@H]3[C@@H](CCC4CC(=O)CC[C@@]43C)C1=CC=C2C(=O)C=O. The van der Waals surface area contributed by atoms with Crippen LogP contribution >= 0.6 is 0 Å². The molecule has 3 saturated carbocycles. The van der Waals surface area contributed by atoms with Gasteiger partial charge in [-0.1, -0.05) is 31.6 Å². The van der Waals surface area contributed by atoms with Crippen molar-refractivity contribution in [2.24, 2.45) is 28.6 Å². The molecule has 3 heteroatoms. The topological polar surface area (TPSA) is 51.2 Å². The third kappa shape index (κ3) is 1.99. The van der Waals surface area contributed by atoms with E-state index in [0.29, 0.717) is 35.4 Å². The highest BCUT2D eigenvalue weighted by atomic mass is 16.2. The zero-order valence-corrected chi connectivity index (χ0v) is 14.6. The molecule has 4 aliphatic rings. The van der Waals surface area contributed by atoms with E-state index in [1.165, 1.54) is 5.57 Å². The lowest BCUT2D eigenvalue weighted by Crippen LogP contribution is -2.51. The van der Waals surface area contributed by atoms with Crippen molar-refractivity contribution in [1.82, 2.24) is 0 Å². The van der Waals surface area contributed by atoms with Crippen LogP contribution in [0.5, 0.6) is 0 Å². The Labute approximate surface area is 143 Å². The summed E-state index contributed by atoms with van der Waals surface area (Å²) in [5.74, 6) is 1.74.